The molecule has 0 radical (unpaired) electrons. The third-order valence-corrected chi connectivity index (χ3v) is 4.81. The van der Waals surface area contributed by atoms with Crippen molar-refractivity contribution in [1.29, 1.82) is 0 Å². The van der Waals surface area contributed by atoms with Crippen molar-refractivity contribution < 1.29 is 34.5 Å². The number of thioether (sulfide) groups is 1. The van der Waals surface area contributed by atoms with Crippen molar-refractivity contribution in [3.05, 3.63) is 0 Å². The Morgan fingerprint density at radius 3 is 1.90 bits per heavy atom. The van der Waals surface area contributed by atoms with Crippen molar-refractivity contribution in [3.63, 3.8) is 0 Å². The highest BCUT2D eigenvalue weighted by atomic mass is 32.2. The van der Waals surface area contributed by atoms with Crippen LogP contribution < -0.4 is 27.4 Å². The van der Waals surface area contributed by atoms with E-state index in [-0.39, 0.29) is 6.42 Å². The van der Waals surface area contributed by atoms with E-state index < -0.39 is 61.1 Å². The molecule has 0 spiro atoms. The van der Waals surface area contributed by atoms with Crippen LogP contribution in [-0.2, 0) is 19.2 Å². The molecule has 0 fully saturated rings. The molecule has 0 rings (SSSR count). The lowest BCUT2D eigenvalue weighted by Crippen LogP contribution is -2.58. The molecule has 0 aromatic heterocycles. The molecule has 0 aromatic carbocycles. The van der Waals surface area contributed by atoms with Gasteiger partial charge in [0.25, 0.3) is 0 Å². The Balaban J connectivity index is 5.01. The molecule has 4 atom stereocenters. The highest BCUT2D eigenvalue weighted by Gasteiger charge is 2.29. The molecule has 0 bridgehead atoms. The van der Waals surface area contributed by atoms with E-state index in [4.69, 9.17) is 21.7 Å². The number of carbonyl (C=O) groups is 4. The van der Waals surface area contributed by atoms with Gasteiger partial charge in [0.15, 0.2) is 0 Å². The van der Waals surface area contributed by atoms with Gasteiger partial charge in [0, 0.05) is 0 Å². The lowest BCUT2D eigenvalue weighted by atomic mass is 10.1. The predicted molar refractivity (Wildman–Crippen MR) is 111 cm³/mol. The normalized spacial score (nSPS) is 14.8. The third-order valence-electron chi connectivity index (χ3n) is 4.16. The van der Waals surface area contributed by atoms with Crippen molar-refractivity contribution in [2.24, 2.45) is 11.5 Å². The second-order valence-corrected chi connectivity index (χ2v) is 7.54. The zero-order chi connectivity index (χ0) is 23.1. The summed E-state index contributed by atoms with van der Waals surface area (Å²) in [6.45, 7) is -1.07. The van der Waals surface area contributed by atoms with Gasteiger partial charge in [-0.15, -0.1) is 0 Å². The molecule has 13 heteroatoms. The number of carboxylic acids is 1. The zero-order valence-corrected chi connectivity index (χ0v) is 17.8. The van der Waals surface area contributed by atoms with Gasteiger partial charge in [0.1, 0.15) is 18.1 Å². The number of aliphatic hydroxyl groups is 2. The van der Waals surface area contributed by atoms with Crippen LogP contribution in [0.5, 0.6) is 0 Å². The molecular formula is C17H33N5O7S. The molecule has 0 aliphatic carbocycles. The topological polar surface area (TPSA) is 217 Å². The minimum atomic E-state index is -1.52. The summed E-state index contributed by atoms with van der Waals surface area (Å²) in [7, 11) is 0. The number of nitrogens with one attached hydrogen (secondary N) is 3. The molecule has 4 unspecified atom stereocenters. The van der Waals surface area contributed by atoms with Crippen molar-refractivity contribution >= 4 is 35.5 Å². The molecule has 0 aliphatic rings. The Kier molecular flexibility index (Phi) is 14.8. The lowest BCUT2D eigenvalue weighted by Gasteiger charge is -2.24. The smallest absolute Gasteiger partial charge is 0.328 e. The maximum atomic E-state index is 12.5. The van der Waals surface area contributed by atoms with Gasteiger partial charge in [-0.05, 0) is 37.8 Å². The maximum Gasteiger partial charge on any atom is 0.328 e. The van der Waals surface area contributed by atoms with Crippen LogP contribution in [-0.4, -0.2) is 94.9 Å². The van der Waals surface area contributed by atoms with Crippen LogP contribution >= 0.6 is 11.8 Å². The van der Waals surface area contributed by atoms with Crippen molar-refractivity contribution in [1.82, 2.24) is 16.0 Å². The van der Waals surface area contributed by atoms with Gasteiger partial charge in [-0.2, -0.15) is 11.8 Å². The Bertz CT molecular complexity index is 567. The molecule has 174 valence electrons. The number of hydrogen-bond acceptors (Lipinski definition) is 9. The van der Waals surface area contributed by atoms with E-state index in [2.05, 4.69) is 16.0 Å². The second kappa shape index (κ2) is 15.8. The number of aliphatic hydroxyl groups excluding tert-OH is 2. The molecular weight excluding hydrogens is 418 g/mol. The highest BCUT2D eigenvalue weighted by Crippen LogP contribution is 2.03. The molecule has 0 saturated heterocycles. The first-order valence-electron chi connectivity index (χ1n) is 9.51. The molecule has 0 aliphatic heterocycles. The summed E-state index contributed by atoms with van der Waals surface area (Å²) in [6.07, 6.45) is 3.64. The summed E-state index contributed by atoms with van der Waals surface area (Å²) < 4.78 is 0. The van der Waals surface area contributed by atoms with Gasteiger partial charge >= 0.3 is 5.97 Å². The number of nitrogens with two attached hydrogens (primary N) is 2. The summed E-state index contributed by atoms with van der Waals surface area (Å²) in [5, 5.41) is 34.3. The molecule has 12 nitrogen and oxygen atoms in total. The van der Waals surface area contributed by atoms with E-state index >= 15 is 0 Å². The van der Waals surface area contributed by atoms with Gasteiger partial charge < -0.3 is 42.7 Å². The molecule has 3 amide bonds. The Labute approximate surface area is 179 Å². The first-order chi connectivity index (χ1) is 14.2. The molecule has 30 heavy (non-hydrogen) atoms. The second-order valence-electron chi connectivity index (χ2n) is 6.56. The van der Waals surface area contributed by atoms with Gasteiger partial charge in [0.05, 0.1) is 19.3 Å². The molecule has 0 heterocycles. The number of unbranched alkanes of at least 4 members (excludes halogenated alkanes) is 1. The number of hydrogen-bond donors (Lipinski definition) is 8. The summed E-state index contributed by atoms with van der Waals surface area (Å²) in [5.74, 6) is -3.21. The Morgan fingerprint density at radius 1 is 0.867 bits per heavy atom. The van der Waals surface area contributed by atoms with Gasteiger partial charge in [-0.1, -0.05) is 6.42 Å². The standard InChI is InChI=1S/C17H33N5O7S/c1-30-7-5-11(15(26)22-13(9-24)17(28)29)20-16(27)12(8-23)21-14(25)10(19)4-2-3-6-18/h10-13,23-24H,2-9,18-19H2,1H3,(H,20,27)(H,21,25)(H,22,26)(H,28,29). The van der Waals surface area contributed by atoms with Crippen LogP contribution in [0.4, 0.5) is 0 Å². The fourth-order valence-electron chi connectivity index (χ4n) is 2.35. The van der Waals surface area contributed by atoms with Crippen LogP contribution in [0.3, 0.4) is 0 Å². The van der Waals surface area contributed by atoms with Crippen LogP contribution in [0.15, 0.2) is 0 Å². The number of carboxylic acid groups (broad SMARTS) is 1. The van der Waals surface area contributed by atoms with Gasteiger partial charge in [-0.25, -0.2) is 4.79 Å². The quantitative estimate of drug-likeness (QED) is 0.109. The molecule has 0 aromatic rings. The largest absolute Gasteiger partial charge is 0.480 e. The number of rotatable bonds is 16. The Morgan fingerprint density at radius 2 is 1.40 bits per heavy atom. The van der Waals surface area contributed by atoms with Crippen LogP contribution in [0, 0.1) is 0 Å². The third kappa shape index (κ3) is 10.7. The number of carbonyl (C=O) groups excluding carboxylic acids is 3. The zero-order valence-electron chi connectivity index (χ0n) is 17.0. The van der Waals surface area contributed by atoms with Crippen molar-refractivity contribution in [3.8, 4) is 0 Å². The van der Waals surface area contributed by atoms with Gasteiger partial charge in [-0.3, -0.25) is 14.4 Å². The summed E-state index contributed by atoms with van der Waals surface area (Å²) in [6, 6.07) is -4.86. The summed E-state index contributed by atoms with van der Waals surface area (Å²) in [4.78, 5) is 47.9. The summed E-state index contributed by atoms with van der Waals surface area (Å²) >= 11 is 1.40. The average molecular weight is 452 g/mol. The maximum absolute atomic E-state index is 12.5. The minimum Gasteiger partial charge on any atom is -0.480 e. The number of aliphatic carboxylic acids is 1. The Hall–Kier alpha value is -1.93. The number of amides is 3. The fraction of sp³-hybridized carbons (Fsp3) is 0.765. The van der Waals surface area contributed by atoms with Gasteiger partial charge in [0.2, 0.25) is 17.7 Å². The van der Waals surface area contributed by atoms with Crippen molar-refractivity contribution in [2.45, 2.75) is 49.9 Å². The van der Waals surface area contributed by atoms with Crippen LogP contribution in [0.2, 0.25) is 0 Å². The van der Waals surface area contributed by atoms with E-state index in [0.717, 1.165) is 0 Å². The van der Waals surface area contributed by atoms with Crippen LogP contribution in [0.25, 0.3) is 0 Å². The first kappa shape index (κ1) is 28.1. The van der Waals surface area contributed by atoms with E-state index in [1.54, 1.807) is 6.26 Å². The monoisotopic (exact) mass is 451 g/mol. The lowest BCUT2D eigenvalue weighted by molar-refractivity contribution is -0.143. The van der Waals surface area contributed by atoms with E-state index in [0.29, 0.717) is 31.6 Å². The molecule has 10 N–H and O–H groups in total. The molecule has 0 saturated carbocycles. The fourth-order valence-corrected chi connectivity index (χ4v) is 2.82. The first-order valence-corrected chi connectivity index (χ1v) is 10.9. The average Bonchev–Trinajstić information content (AvgIpc) is 2.72. The highest BCUT2D eigenvalue weighted by molar-refractivity contribution is 7.98. The summed E-state index contributed by atoms with van der Waals surface area (Å²) in [5.41, 5.74) is 11.1. The van der Waals surface area contributed by atoms with E-state index in [1.807, 2.05) is 0 Å². The minimum absolute atomic E-state index is 0.168. The van der Waals surface area contributed by atoms with Crippen molar-refractivity contribution in [2.75, 3.05) is 31.8 Å². The van der Waals surface area contributed by atoms with E-state index in [9.17, 15) is 24.3 Å². The SMILES string of the molecule is CSCCC(NC(=O)C(CO)NC(=O)C(N)CCCCN)C(=O)NC(CO)C(=O)O. The van der Waals surface area contributed by atoms with Crippen LogP contribution in [0.1, 0.15) is 25.7 Å². The van der Waals surface area contributed by atoms with E-state index in [1.165, 1.54) is 11.8 Å². The predicted octanol–water partition coefficient (Wildman–Crippen LogP) is -3.28.